The van der Waals surface area contributed by atoms with E-state index in [0.29, 0.717) is 6.42 Å². The highest BCUT2D eigenvalue weighted by Gasteiger charge is 2.16. The minimum absolute atomic E-state index is 0.115. The molecule has 0 bridgehead atoms. The highest BCUT2D eigenvalue weighted by atomic mass is 32.1. The number of aromatic nitrogens is 1. The molecule has 2 aromatic carbocycles. The van der Waals surface area contributed by atoms with Gasteiger partial charge in [0, 0.05) is 25.1 Å². The number of ether oxygens (including phenoxy) is 1. The Hall–Kier alpha value is -2.40. The molecule has 1 fully saturated rings. The number of nitrogens with zero attached hydrogens (tertiary/aromatic N) is 2. The Labute approximate surface area is 157 Å². The van der Waals surface area contributed by atoms with E-state index in [1.54, 1.807) is 18.4 Å². The molecule has 5 heteroatoms. The third-order valence-corrected chi connectivity index (χ3v) is 5.95. The van der Waals surface area contributed by atoms with Crippen LogP contribution >= 0.6 is 11.3 Å². The number of fused-ring (bicyclic) bond motifs is 1. The first-order chi connectivity index (χ1) is 12.7. The van der Waals surface area contributed by atoms with Crippen molar-refractivity contribution in [2.75, 3.05) is 25.1 Å². The van der Waals surface area contributed by atoms with Gasteiger partial charge >= 0.3 is 0 Å². The van der Waals surface area contributed by atoms with E-state index in [-0.39, 0.29) is 5.78 Å². The van der Waals surface area contributed by atoms with Crippen molar-refractivity contribution in [1.82, 2.24) is 4.98 Å². The van der Waals surface area contributed by atoms with Gasteiger partial charge in [-0.1, -0.05) is 23.5 Å². The van der Waals surface area contributed by atoms with E-state index >= 15 is 0 Å². The van der Waals surface area contributed by atoms with Crippen LogP contribution in [-0.2, 0) is 6.42 Å². The Morgan fingerprint density at radius 3 is 2.62 bits per heavy atom. The van der Waals surface area contributed by atoms with Gasteiger partial charge in [-0.3, -0.25) is 4.79 Å². The van der Waals surface area contributed by atoms with E-state index in [0.717, 1.165) is 45.3 Å². The zero-order valence-electron chi connectivity index (χ0n) is 14.9. The van der Waals surface area contributed by atoms with E-state index < -0.39 is 0 Å². The van der Waals surface area contributed by atoms with Crippen LogP contribution in [0.1, 0.15) is 35.2 Å². The molecular formula is C21H22N2O2S. The van der Waals surface area contributed by atoms with Gasteiger partial charge < -0.3 is 9.64 Å². The summed E-state index contributed by atoms with van der Waals surface area (Å²) in [6, 6.07) is 13.5. The molecule has 1 aliphatic heterocycles. The van der Waals surface area contributed by atoms with Crippen LogP contribution in [0.3, 0.4) is 0 Å². The van der Waals surface area contributed by atoms with Crippen molar-refractivity contribution < 1.29 is 9.53 Å². The quantitative estimate of drug-likeness (QED) is 0.613. The SMILES string of the molecule is COc1ccc(CC(=O)c2ccc3sc(N4CCCCC4)nc3c2)cc1. The molecule has 4 rings (SSSR count). The summed E-state index contributed by atoms with van der Waals surface area (Å²) in [5.74, 6) is 0.917. The van der Waals surface area contributed by atoms with E-state index in [4.69, 9.17) is 9.72 Å². The lowest BCUT2D eigenvalue weighted by Crippen LogP contribution is -2.29. The molecule has 0 radical (unpaired) electrons. The van der Waals surface area contributed by atoms with Crippen LogP contribution in [0.2, 0.25) is 0 Å². The monoisotopic (exact) mass is 366 g/mol. The summed E-state index contributed by atoms with van der Waals surface area (Å²) >= 11 is 1.72. The maximum Gasteiger partial charge on any atom is 0.186 e. The highest BCUT2D eigenvalue weighted by molar-refractivity contribution is 7.22. The van der Waals surface area contributed by atoms with Gasteiger partial charge in [0.25, 0.3) is 0 Å². The lowest BCUT2D eigenvalue weighted by Gasteiger charge is -2.25. The summed E-state index contributed by atoms with van der Waals surface area (Å²) in [6.07, 6.45) is 4.17. The topological polar surface area (TPSA) is 42.4 Å². The number of hydrogen-bond acceptors (Lipinski definition) is 5. The Morgan fingerprint density at radius 2 is 1.88 bits per heavy atom. The van der Waals surface area contributed by atoms with Gasteiger partial charge in [0.15, 0.2) is 10.9 Å². The summed E-state index contributed by atoms with van der Waals surface area (Å²) in [7, 11) is 1.64. The number of Topliss-reactive ketones (excluding diaryl/α,β-unsaturated/α-hetero) is 1. The molecule has 1 saturated heterocycles. The average molecular weight is 366 g/mol. The summed E-state index contributed by atoms with van der Waals surface area (Å²) in [6.45, 7) is 2.17. The van der Waals surface area contributed by atoms with Crippen molar-refractivity contribution in [3.8, 4) is 5.75 Å². The zero-order chi connectivity index (χ0) is 17.9. The molecule has 0 saturated carbocycles. The third kappa shape index (κ3) is 3.58. The second-order valence-corrected chi connectivity index (χ2v) is 7.68. The molecule has 0 N–H and O–H groups in total. The third-order valence-electron chi connectivity index (χ3n) is 4.85. The maximum atomic E-state index is 12.7. The lowest BCUT2D eigenvalue weighted by molar-refractivity contribution is 0.0993. The molecule has 0 unspecified atom stereocenters. The van der Waals surface area contributed by atoms with Crippen LogP contribution in [-0.4, -0.2) is 31.0 Å². The van der Waals surface area contributed by atoms with Crippen LogP contribution in [0.5, 0.6) is 5.75 Å². The fourth-order valence-electron chi connectivity index (χ4n) is 3.34. The van der Waals surface area contributed by atoms with Crippen LogP contribution in [0.4, 0.5) is 5.13 Å². The molecule has 0 amide bonds. The smallest absolute Gasteiger partial charge is 0.186 e. The van der Waals surface area contributed by atoms with Gasteiger partial charge in [0.2, 0.25) is 0 Å². The van der Waals surface area contributed by atoms with Gasteiger partial charge in [-0.25, -0.2) is 4.98 Å². The molecule has 134 valence electrons. The second-order valence-electron chi connectivity index (χ2n) is 6.67. The Bertz CT molecular complexity index is 911. The minimum atomic E-state index is 0.115. The van der Waals surface area contributed by atoms with Crippen molar-refractivity contribution in [2.24, 2.45) is 0 Å². The van der Waals surface area contributed by atoms with Crippen molar-refractivity contribution in [2.45, 2.75) is 25.7 Å². The molecule has 2 heterocycles. The molecule has 0 aliphatic carbocycles. The van der Waals surface area contributed by atoms with E-state index in [2.05, 4.69) is 4.90 Å². The first-order valence-corrected chi connectivity index (χ1v) is 9.86. The van der Waals surface area contributed by atoms with Gasteiger partial charge in [0.1, 0.15) is 5.75 Å². The number of methoxy groups -OCH3 is 1. The first-order valence-electron chi connectivity index (χ1n) is 9.04. The molecule has 0 spiro atoms. The predicted octanol–water partition coefficient (Wildman–Crippen LogP) is 4.72. The molecule has 3 aromatic rings. The number of thiazole rings is 1. The largest absolute Gasteiger partial charge is 0.497 e. The van der Waals surface area contributed by atoms with Crippen molar-refractivity contribution >= 4 is 32.5 Å². The predicted molar refractivity (Wildman–Crippen MR) is 107 cm³/mol. The number of rotatable bonds is 5. The maximum absolute atomic E-state index is 12.7. The highest BCUT2D eigenvalue weighted by Crippen LogP contribution is 2.31. The first kappa shape index (κ1) is 17.0. The molecule has 1 aromatic heterocycles. The fraction of sp³-hybridized carbons (Fsp3) is 0.333. The molecule has 0 atom stereocenters. The number of carbonyl (C=O) groups excluding carboxylic acids is 1. The number of anilines is 1. The van der Waals surface area contributed by atoms with Crippen molar-refractivity contribution in [3.63, 3.8) is 0 Å². The number of ketones is 1. The average Bonchev–Trinajstić information content (AvgIpc) is 3.12. The fourth-order valence-corrected chi connectivity index (χ4v) is 4.34. The van der Waals surface area contributed by atoms with Gasteiger partial charge in [-0.05, 0) is 55.2 Å². The second kappa shape index (κ2) is 7.46. The number of hydrogen-bond donors (Lipinski definition) is 0. The van der Waals surface area contributed by atoms with Crippen LogP contribution in [0.25, 0.3) is 10.2 Å². The van der Waals surface area contributed by atoms with E-state index in [9.17, 15) is 4.79 Å². The number of benzene rings is 2. The Morgan fingerprint density at radius 1 is 1.12 bits per heavy atom. The molecule has 1 aliphatic rings. The van der Waals surface area contributed by atoms with E-state index in [1.165, 1.54) is 19.3 Å². The van der Waals surface area contributed by atoms with Crippen LogP contribution in [0.15, 0.2) is 42.5 Å². The summed E-state index contributed by atoms with van der Waals surface area (Å²) in [5.41, 5.74) is 2.64. The van der Waals surface area contributed by atoms with Crippen LogP contribution in [0, 0.1) is 0 Å². The normalized spacial score (nSPS) is 14.6. The molecule has 4 nitrogen and oxygen atoms in total. The standard InChI is InChI=1S/C21H22N2O2S/c1-25-17-8-5-15(6-9-17)13-19(24)16-7-10-20-18(14-16)22-21(26-20)23-11-3-2-4-12-23/h5-10,14H,2-4,11-13H2,1H3. The van der Waals surface area contributed by atoms with Crippen LogP contribution < -0.4 is 9.64 Å². The van der Waals surface area contributed by atoms with Crippen molar-refractivity contribution in [1.29, 1.82) is 0 Å². The lowest BCUT2D eigenvalue weighted by atomic mass is 10.0. The number of piperidine rings is 1. The molecule has 26 heavy (non-hydrogen) atoms. The zero-order valence-corrected chi connectivity index (χ0v) is 15.7. The summed E-state index contributed by atoms with van der Waals surface area (Å²) in [4.78, 5) is 19.8. The van der Waals surface area contributed by atoms with Crippen molar-refractivity contribution in [3.05, 3.63) is 53.6 Å². The summed E-state index contributed by atoms with van der Waals surface area (Å²) < 4.78 is 6.31. The minimum Gasteiger partial charge on any atom is -0.497 e. The van der Waals surface area contributed by atoms with Gasteiger partial charge in [0.05, 0.1) is 17.3 Å². The van der Waals surface area contributed by atoms with E-state index in [1.807, 2.05) is 42.5 Å². The number of carbonyl (C=O) groups is 1. The Balaban J connectivity index is 1.52. The summed E-state index contributed by atoms with van der Waals surface area (Å²) in [5, 5.41) is 1.08. The Kier molecular flexibility index (Phi) is 4.89. The molecular weight excluding hydrogens is 344 g/mol. The van der Waals surface area contributed by atoms with Gasteiger partial charge in [-0.15, -0.1) is 0 Å². The van der Waals surface area contributed by atoms with Gasteiger partial charge in [-0.2, -0.15) is 0 Å².